The number of aromatic nitrogens is 1. The molecule has 0 aromatic carbocycles. The lowest BCUT2D eigenvalue weighted by atomic mass is 9.72. The van der Waals surface area contributed by atoms with Gasteiger partial charge >= 0.3 is 0 Å². The van der Waals surface area contributed by atoms with Crippen molar-refractivity contribution in [2.75, 3.05) is 5.73 Å². The van der Waals surface area contributed by atoms with E-state index in [1.165, 1.54) is 17.6 Å². The maximum absolute atomic E-state index is 11.5. The number of oxazole rings is 1. The van der Waals surface area contributed by atoms with E-state index < -0.39 is 11.3 Å². The molecular formula is C14H14N4O2S. The lowest BCUT2D eigenvalue weighted by Crippen LogP contribution is -2.30. The van der Waals surface area contributed by atoms with Crippen LogP contribution in [-0.2, 0) is 19.3 Å². The molecule has 3 rings (SSSR count). The average Bonchev–Trinajstić information content (AvgIpc) is 3.04. The highest BCUT2D eigenvalue weighted by atomic mass is 32.1. The van der Waals surface area contributed by atoms with Crippen molar-refractivity contribution >= 4 is 22.2 Å². The highest BCUT2D eigenvalue weighted by Crippen LogP contribution is 2.44. The van der Waals surface area contributed by atoms with Crippen LogP contribution in [0.3, 0.4) is 0 Å². The van der Waals surface area contributed by atoms with E-state index in [0.717, 1.165) is 10.4 Å². The molecule has 1 unspecified atom stereocenters. The number of primary amides is 1. The van der Waals surface area contributed by atoms with E-state index in [4.69, 9.17) is 15.9 Å². The Morgan fingerprint density at radius 3 is 3.05 bits per heavy atom. The number of hydrogen-bond donors (Lipinski definition) is 2. The predicted molar refractivity (Wildman–Crippen MR) is 77.5 cm³/mol. The summed E-state index contributed by atoms with van der Waals surface area (Å²) in [7, 11) is 0. The van der Waals surface area contributed by atoms with Gasteiger partial charge in [0.15, 0.2) is 5.89 Å². The number of fused-ring (bicyclic) bond motifs is 1. The van der Waals surface area contributed by atoms with Gasteiger partial charge in [0.25, 0.3) is 5.91 Å². The summed E-state index contributed by atoms with van der Waals surface area (Å²) in [6.45, 7) is 0. The number of nitrogen functional groups attached to an aromatic ring is 1. The lowest BCUT2D eigenvalue weighted by Gasteiger charge is -2.29. The Kier molecular flexibility index (Phi) is 3.18. The normalized spacial score (nSPS) is 20.7. The van der Waals surface area contributed by atoms with E-state index >= 15 is 0 Å². The third-order valence-corrected chi connectivity index (χ3v) is 4.99. The Balaban J connectivity index is 1.95. The number of anilines is 1. The van der Waals surface area contributed by atoms with Crippen LogP contribution in [0.5, 0.6) is 0 Å². The number of amides is 1. The van der Waals surface area contributed by atoms with Gasteiger partial charge in [-0.15, -0.1) is 11.3 Å². The third kappa shape index (κ3) is 2.28. The van der Waals surface area contributed by atoms with E-state index in [1.807, 2.05) is 0 Å². The maximum atomic E-state index is 11.5. The molecule has 1 aliphatic carbocycles. The van der Waals surface area contributed by atoms with Crippen LogP contribution in [0.15, 0.2) is 16.9 Å². The van der Waals surface area contributed by atoms with Gasteiger partial charge in [-0.25, -0.2) is 4.98 Å². The average molecular weight is 302 g/mol. The third-order valence-electron chi connectivity index (χ3n) is 3.93. The minimum Gasteiger partial charge on any atom is -0.449 e. The number of carbonyl (C=O) groups excluding carboxylic acids is 1. The Morgan fingerprint density at radius 2 is 2.43 bits per heavy atom. The second-order valence-electron chi connectivity index (χ2n) is 5.28. The van der Waals surface area contributed by atoms with E-state index in [1.54, 1.807) is 6.20 Å². The molecule has 0 aliphatic heterocycles. The molecule has 0 fully saturated rings. The summed E-state index contributed by atoms with van der Waals surface area (Å²) in [5.41, 5.74) is 12.1. The van der Waals surface area contributed by atoms with Gasteiger partial charge in [0.05, 0.1) is 28.2 Å². The second-order valence-corrected chi connectivity index (χ2v) is 6.42. The van der Waals surface area contributed by atoms with Crippen LogP contribution in [0.25, 0.3) is 0 Å². The first-order valence-corrected chi connectivity index (χ1v) is 7.36. The van der Waals surface area contributed by atoms with Gasteiger partial charge in [0.1, 0.15) is 6.26 Å². The molecule has 0 radical (unpaired) electrons. The van der Waals surface area contributed by atoms with Crippen LogP contribution in [0.1, 0.15) is 33.1 Å². The highest BCUT2D eigenvalue weighted by molar-refractivity contribution is 7.16. The van der Waals surface area contributed by atoms with Crippen molar-refractivity contribution in [1.82, 2.24) is 4.98 Å². The quantitative estimate of drug-likeness (QED) is 0.893. The fourth-order valence-electron chi connectivity index (χ4n) is 2.89. The smallest absolute Gasteiger partial charge is 0.251 e. The molecule has 0 saturated carbocycles. The molecule has 2 heterocycles. The predicted octanol–water partition coefficient (Wildman–Crippen LogP) is 1.66. The Labute approximate surface area is 125 Å². The topological polar surface area (TPSA) is 119 Å². The number of carbonyl (C=O) groups is 1. The summed E-state index contributed by atoms with van der Waals surface area (Å²) >= 11 is 1.35. The minimum absolute atomic E-state index is 0.428. The molecule has 0 saturated heterocycles. The zero-order chi connectivity index (χ0) is 15.0. The van der Waals surface area contributed by atoms with Crippen LogP contribution in [-0.4, -0.2) is 10.9 Å². The van der Waals surface area contributed by atoms with E-state index in [9.17, 15) is 10.1 Å². The molecule has 0 bridgehead atoms. The SMILES string of the molecule is N#CC1(Cc2ncco2)CCc2c(sc(N)c2C(N)=O)C1. The van der Waals surface area contributed by atoms with Crippen molar-refractivity contribution in [2.24, 2.45) is 11.1 Å². The zero-order valence-corrected chi connectivity index (χ0v) is 12.1. The molecule has 7 heteroatoms. The number of nitrogens with zero attached hydrogens (tertiary/aromatic N) is 2. The maximum Gasteiger partial charge on any atom is 0.251 e. The summed E-state index contributed by atoms with van der Waals surface area (Å²) in [4.78, 5) is 16.6. The van der Waals surface area contributed by atoms with Gasteiger partial charge in [-0.2, -0.15) is 5.26 Å². The van der Waals surface area contributed by atoms with E-state index in [0.29, 0.717) is 42.1 Å². The molecule has 2 aromatic heterocycles. The fourth-order valence-corrected chi connectivity index (χ4v) is 4.15. The molecule has 1 aliphatic rings. The molecule has 6 nitrogen and oxygen atoms in total. The molecule has 0 spiro atoms. The van der Waals surface area contributed by atoms with Crippen LogP contribution in [0, 0.1) is 16.7 Å². The molecule has 1 amide bonds. The minimum atomic E-state index is -0.565. The monoisotopic (exact) mass is 302 g/mol. The molecule has 4 N–H and O–H groups in total. The summed E-state index contributed by atoms with van der Waals surface area (Å²) in [5.74, 6) is 0.0572. The van der Waals surface area contributed by atoms with Crippen LogP contribution < -0.4 is 11.5 Å². The van der Waals surface area contributed by atoms with Crippen molar-refractivity contribution < 1.29 is 9.21 Å². The first-order valence-electron chi connectivity index (χ1n) is 6.54. The van der Waals surface area contributed by atoms with E-state index in [2.05, 4.69) is 11.1 Å². The van der Waals surface area contributed by atoms with Gasteiger partial charge in [0, 0.05) is 17.7 Å². The second kappa shape index (κ2) is 4.90. The Morgan fingerprint density at radius 1 is 1.62 bits per heavy atom. The molecule has 2 aromatic rings. The molecule has 108 valence electrons. The van der Waals surface area contributed by atoms with Gasteiger partial charge < -0.3 is 15.9 Å². The number of thiophene rings is 1. The summed E-state index contributed by atoms with van der Waals surface area (Å²) in [5, 5.41) is 10.1. The van der Waals surface area contributed by atoms with Crippen LogP contribution in [0.4, 0.5) is 5.00 Å². The van der Waals surface area contributed by atoms with Gasteiger partial charge in [0.2, 0.25) is 0 Å². The van der Waals surface area contributed by atoms with Gasteiger partial charge in [-0.05, 0) is 18.4 Å². The van der Waals surface area contributed by atoms with Crippen molar-refractivity contribution in [1.29, 1.82) is 5.26 Å². The van der Waals surface area contributed by atoms with Crippen molar-refractivity contribution in [3.05, 3.63) is 34.4 Å². The highest BCUT2D eigenvalue weighted by Gasteiger charge is 2.39. The van der Waals surface area contributed by atoms with Crippen molar-refractivity contribution in [2.45, 2.75) is 25.7 Å². The fraction of sp³-hybridized carbons (Fsp3) is 0.357. The zero-order valence-electron chi connectivity index (χ0n) is 11.3. The first-order chi connectivity index (χ1) is 10.0. The Bertz CT molecular complexity index is 729. The van der Waals surface area contributed by atoms with Gasteiger partial charge in [-0.1, -0.05) is 0 Å². The summed E-state index contributed by atoms with van der Waals surface area (Å²) < 4.78 is 5.26. The number of nitriles is 1. The molecule has 1 atom stereocenters. The summed E-state index contributed by atoms with van der Waals surface area (Å²) in [6, 6.07) is 2.40. The number of rotatable bonds is 3. The lowest BCUT2D eigenvalue weighted by molar-refractivity contribution is 0.1000. The van der Waals surface area contributed by atoms with E-state index in [-0.39, 0.29) is 0 Å². The van der Waals surface area contributed by atoms with Crippen molar-refractivity contribution in [3.8, 4) is 6.07 Å². The summed E-state index contributed by atoms with van der Waals surface area (Å²) in [6.07, 6.45) is 5.33. The number of hydrogen-bond acceptors (Lipinski definition) is 6. The molecular weight excluding hydrogens is 288 g/mol. The van der Waals surface area contributed by atoms with Crippen molar-refractivity contribution in [3.63, 3.8) is 0 Å². The van der Waals surface area contributed by atoms with Gasteiger partial charge in [-0.3, -0.25) is 4.79 Å². The number of nitrogens with two attached hydrogens (primary N) is 2. The standard InChI is InChI=1S/C14H14N4O2S/c15-7-14(6-10-18-3-4-20-10)2-1-8-9(5-14)21-13(17)11(8)12(16)19/h3-4H,1-2,5-6,17H2,(H2,16,19). The molecule has 21 heavy (non-hydrogen) atoms. The first kappa shape index (κ1) is 13.6. The largest absolute Gasteiger partial charge is 0.449 e. The Hall–Kier alpha value is -2.33. The van der Waals surface area contributed by atoms with Crippen LogP contribution in [0.2, 0.25) is 0 Å². The van der Waals surface area contributed by atoms with Crippen LogP contribution >= 0.6 is 11.3 Å².